The summed E-state index contributed by atoms with van der Waals surface area (Å²) in [4.78, 5) is 18.3. The molecule has 0 bridgehead atoms. The second kappa shape index (κ2) is 8.58. The molecule has 1 aromatic heterocycles. The number of amides is 1. The lowest BCUT2D eigenvalue weighted by atomic mass is 10.0. The average Bonchev–Trinajstić information content (AvgIpc) is 3.28. The van der Waals surface area contributed by atoms with E-state index in [1.54, 1.807) is 0 Å². The van der Waals surface area contributed by atoms with Crippen LogP contribution in [0.1, 0.15) is 56.8 Å². The van der Waals surface area contributed by atoms with E-state index in [2.05, 4.69) is 10.1 Å². The quantitative estimate of drug-likeness (QED) is 0.709. The van der Waals surface area contributed by atoms with E-state index >= 15 is 0 Å². The summed E-state index contributed by atoms with van der Waals surface area (Å²) in [6.07, 6.45) is 5.19. The summed E-state index contributed by atoms with van der Waals surface area (Å²) in [5.41, 5.74) is 0. The zero-order chi connectivity index (χ0) is 16.8. The van der Waals surface area contributed by atoms with Crippen LogP contribution in [0.2, 0.25) is 0 Å². The van der Waals surface area contributed by atoms with E-state index in [0.717, 1.165) is 52.0 Å². The second-order valence-electron chi connectivity index (χ2n) is 6.53. The molecule has 2 aliphatic heterocycles. The number of hydrogen-bond donors (Lipinski definition) is 0. The molecule has 2 aliphatic rings. The Hall–Kier alpha value is -1.47. The Morgan fingerprint density at radius 1 is 1.33 bits per heavy atom. The first-order chi connectivity index (χ1) is 11.8. The van der Waals surface area contributed by atoms with Crippen LogP contribution in [0.3, 0.4) is 0 Å². The van der Waals surface area contributed by atoms with Gasteiger partial charge in [0.1, 0.15) is 6.04 Å². The zero-order valence-electron chi connectivity index (χ0n) is 14.4. The van der Waals surface area contributed by atoms with Gasteiger partial charge in [-0.1, -0.05) is 12.1 Å². The Bertz CT molecular complexity index is 528. The highest BCUT2D eigenvalue weighted by Gasteiger charge is 2.33. The summed E-state index contributed by atoms with van der Waals surface area (Å²) >= 11 is 0. The monoisotopic (exact) mass is 337 g/mol. The number of likely N-dealkylation sites (tertiary alicyclic amines) is 1. The van der Waals surface area contributed by atoms with Gasteiger partial charge in [0.2, 0.25) is 11.8 Å². The van der Waals surface area contributed by atoms with E-state index in [9.17, 15) is 4.79 Å². The minimum Gasteiger partial charge on any atom is -0.381 e. The van der Waals surface area contributed by atoms with E-state index in [1.165, 1.54) is 0 Å². The van der Waals surface area contributed by atoms with Gasteiger partial charge < -0.3 is 18.9 Å². The van der Waals surface area contributed by atoms with Crippen LogP contribution in [0, 0.1) is 5.92 Å². The van der Waals surface area contributed by atoms with Crippen LogP contribution in [0.5, 0.6) is 0 Å². The highest BCUT2D eigenvalue weighted by Crippen LogP contribution is 2.31. The SMILES string of the molecule is CCC(=O)N1CCCC1c1nc(CCOCC2CCOCC2)no1. The van der Waals surface area contributed by atoms with Crippen LogP contribution in [0.15, 0.2) is 4.52 Å². The lowest BCUT2D eigenvalue weighted by Gasteiger charge is -2.21. The average molecular weight is 337 g/mol. The summed E-state index contributed by atoms with van der Waals surface area (Å²) in [7, 11) is 0. The van der Waals surface area contributed by atoms with Crippen molar-refractivity contribution >= 4 is 5.91 Å². The molecule has 0 N–H and O–H groups in total. The molecule has 2 fully saturated rings. The third kappa shape index (κ3) is 4.33. The molecule has 1 unspecified atom stereocenters. The van der Waals surface area contributed by atoms with Gasteiger partial charge >= 0.3 is 0 Å². The molecule has 0 spiro atoms. The maximum absolute atomic E-state index is 12.0. The largest absolute Gasteiger partial charge is 0.381 e. The molecule has 3 heterocycles. The summed E-state index contributed by atoms with van der Waals surface area (Å²) in [5.74, 6) is 1.98. The Morgan fingerprint density at radius 2 is 2.17 bits per heavy atom. The molecule has 1 aromatic rings. The van der Waals surface area contributed by atoms with Crippen molar-refractivity contribution in [2.24, 2.45) is 5.92 Å². The molecule has 0 aliphatic carbocycles. The lowest BCUT2D eigenvalue weighted by Crippen LogP contribution is -2.29. The third-order valence-corrected chi connectivity index (χ3v) is 4.81. The van der Waals surface area contributed by atoms with Crippen molar-refractivity contribution in [2.45, 2.75) is 51.5 Å². The van der Waals surface area contributed by atoms with Gasteiger partial charge in [-0.15, -0.1) is 0 Å². The summed E-state index contributed by atoms with van der Waals surface area (Å²) in [6.45, 7) is 5.72. The lowest BCUT2D eigenvalue weighted by molar-refractivity contribution is -0.132. The Balaban J connectivity index is 1.44. The Morgan fingerprint density at radius 3 is 2.96 bits per heavy atom. The van der Waals surface area contributed by atoms with E-state index in [4.69, 9.17) is 14.0 Å². The van der Waals surface area contributed by atoms with Gasteiger partial charge in [0.15, 0.2) is 5.82 Å². The van der Waals surface area contributed by atoms with E-state index < -0.39 is 0 Å². The molecule has 0 saturated carbocycles. The highest BCUT2D eigenvalue weighted by molar-refractivity contribution is 5.76. The molecule has 7 nitrogen and oxygen atoms in total. The number of carbonyl (C=O) groups is 1. The summed E-state index contributed by atoms with van der Waals surface area (Å²) < 4.78 is 16.5. The van der Waals surface area contributed by atoms with Crippen molar-refractivity contribution in [1.82, 2.24) is 15.0 Å². The second-order valence-corrected chi connectivity index (χ2v) is 6.53. The number of carbonyl (C=O) groups excluding carboxylic acids is 1. The first kappa shape index (κ1) is 17.4. The Kier molecular flexibility index (Phi) is 6.20. The van der Waals surface area contributed by atoms with Crippen molar-refractivity contribution in [2.75, 3.05) is 33.0 Å². The molecule has 1 atom stereocenters. The zero-order valence-corrected chi connectivity index (χ0v) is 14.4. The van der Waals surface area contributed by atoms with Crippen LogP contribution in [0.25, 0.3) is 0 Å². The van der Waals surface area contributed by atoms with Crippen LogP contribution in [-0.4, -0.2) is 53.9 Å². The van der Waals surface area contributed by atoms with Gasteiger partial charge in [0.05, 0.1) is 6.61 Å². The Labute approximate surface area is 142 Å². The topological polar surface area (TPSA) is 77.7 Å². The molecular formula is C17H27N3O4. The molecule has 3 rings (SSSR count). The van der Waals surface area contributed by atoms with Gasteiger partial charge in [-0.25, -0.2) is 0 Å². The van der Waals surface area contributed by atoms with Crippen molar-refractivity contribution in [3.8, 4) is 0 Å². The molecule has 1 amide bonds. The fraction of sp³-hybridized carbons (Fsp3) is 0.824. The van der Waals surface area contributed by atoms with E-state index in [1.807, 2.05) is 11.8 Å². The molecule has 0 radical (unpaired) electrons. The molecule has 134 valence electrons. The van der Waals surface area contributed by atoms with Crippen LogP contribution in [-0.2, 0) is 20.7 Å². The number of nitrogens with zero attached hydrogens (tertiary/aromatic N) is 3. The first-order valence-corrected chi connectivity index (χ1v) is 9.05. The van der Waals surface area contributed by atoms with Gasteiger partial charge in [-0.2, -0.15) is 4.98 Å². The van der Waals surface area contributed by atoms with Crippen molar-refractivity contribution in [3.05, 3.63) is 11.7 Å². The minimum absolute atomic E-state index is 0.0538. The number of rotatable bonds is 7. The molecule has 24 heavy (non-hydrogen) atoms. The van der Waals surface area contributed by atoms with Crippen molar-refractivity contribution in [1.29, 1.82) is 0 Å². The van der Waals surface area contributed by atoms with Crippen LogP contribution >= 0.6 is 0 Å². The minimum atomic E-state index is -0.0538. The number of aromatic nitrogens is 2. The first-order valence-electron chi connectivity index (χ1n) is 9.05. The normalized spacial score (nSPS) is 22.2. The molecular weight excluding hydrogens is 310 g/mol. The third-order valence-electron chi connectivity index (χ3n) is 4.81. The van der Waals surface area contributed by atoms with Crippen LogP contribution < -0.4 is 0 Å². The summed E-state index contributed by atoms with van der Waals surface area (Å²) in [5, 5.41) is 4.04. The van der Waals surface area contributed by atoms with Crippen molar-refractivity contribution in [3.63, 3.8) is 0 Å². The highest BCUT2D eigenvalue weighted by atomic mass is 16.5. The van der Waals surface area contributed by atoms with E-state index in [0.29, 0.717) is 37.1 Å². The van der Waals surface area contributed by atoms with Gasteiger partial charge in [0.25, 0.3) is 0 Å². The van der Waals surface area contributed by atoms with Gasteiger partial charge in [-0.3, -0.25) is 4.79 Å². The predicted octanol–water partition coefficient (Wildman–Crippen LogP) is 2.13. The standard InChI is InChI=1S/C17H27N3O4/c1-2-16(21)20-8-3-4-14(20)17-18-15(19-24-17)7-11-23-12-13-5-9-22-10-6-13/h13-14H,2-12H2,1H3. The van der Waals surface area contributed by atoms with Gasteiger partial charge in [-0.05, 0) is 31.6 Å². The predicted molar refractivity (Wildman–Crippen MR) is 86.3 cm³/mol. The fourth-order valence-electron chi connectivity index (χ4n) is 3.36. The summed E-state index contributed by atoms with van der Waals surface area (Å²) in [6, 6.07) is -0.0538. The maximum Gasteiger partial charge on any atom is 0.249 e. The van der Waals surface area contributed by atoms with Gasteiger partial charge in [0, 0.05) is 39.2 Å². The smallest absolute Gasteiger partial charge is 0.249 e. The number of hydrogen-bond acceptors (Lipinski definition) is 6. The maximum atomic E-state index is 12.0. The van der Waals surface area contributed by atoms with Crippen LogP contribution in [0.4, 0.5) is 0 Å². The fourth-order valence-corrected chi connectivity index (χ4v) is 3.36. The van der Waals surface area contributed by atoms with E-state index in [-0.39, 0.29) is 11.9 Å². The molecule has 0 aromatic carbocycles. The van der Waals surface area contributed by atoms with Crippen molar-refractivity contribution < 1.29 is 18.8 Å². The number of ether oxygens (including phenoxy) is 2. The molecule has 2 saturated heterocycles. The molecule has 7 heteroatoms.